The Labute approximate surface area is 109 Å². The van der Waals surface area contributed by atoms with Crippen LogP contribution in [0.15, 0.2) is 28.7 Å². The summed E-state index contributed by atoms with van der Waals surface area (Å²) in [6.07, 6.45) is 2.61. The average molecular weight is 246 g/mol. The van der Waals surface area contributed by atoms with Gasteiger partial charge in [0.25, 0.3) is 0 Å². The third kappa shape index (κ3) is 2.75. The molecule has 1 atom stereocenters. The van der Waals surface area contributed by atoms with Gasteiger partial charge in [-0.1, -0.05) is 44.9 Å². The molecule has 1 aromatic heterocycles. The first kappa shape index (κ1) is 13.2. The van der Waals surface area contributed by atoms with Crippen LogP contribution in [0.3, 0.4) is 0 Å². The minimum atomic E-state index is -0.410. The van der Waals surface area contributed by atoms with Gasteiger partial charge in [-0.25, -0.2) is 0 Å². The predicted molar refractivity (Wildman–Crippen MR) is 74.6 cm³/mol. The highest BCUT2D eigenvalue weighted by molar-refractivity contribution is 5.82. The van der Waals surface area contributed by atoms with Crippen molar-refractivity contribution in [2.24, 2.45) is 5.92 Å². The Morgan fingerprint density at radius 2 is 1.89 bits per heavy atom. The van der Waals surface area contributed by atoms with Crippen LogP contribution in [-0.4, -0.2) is 5.11 Å². The first-order valence-electron chi connectivity index (χ1n) is 6.75. The molecule has 0 bridgehead atoms. The summed E-state index contributed by atoms with van der Waals surface area (Å²) >= 11 is 0. The van der Waals surface area contributed by atoms with Crippen LogP contribution < -0.4 is 0 Å². The van der Waals surface area contributed by atoms with E-state index in [9.17, 15) is 5.11 Å². The van der Waals surface area contributed by atoms with Gasteiger partial charge in [0.2, 0.25) is 0 Å². The Kier molecular flexibility index (Phi) is 4.07. The van der Waals surface area contributed by atoms with Gasteiger partial charge >= 0.3 is 0 Å². The highest BCUT2D eigenvalue weighted by Crippen LogP contribution is 2.32. The fourth-order valence-corrected chi connectivity index (χ4v) is 2.47. The molecule has 1 heterocycles. The maximum Gasteiger partial charge on any atom is 0.134 e. The van der Waals surface area contributed by atoms with E-state index in [2.05, 4.69) is 13.8 Å². The van der Waals surface area contributed by atoms with Gasteiger partial charge in [-0.3, -0.25) is 0 Å². The van der Waals surface area contributed by atoms with Crippen molar-refractivity contribution in [2.45, 2.75) is 46.1 Å². The Bertz CT molecular complexity index is 511. The Morgan fingerprint density at radius 3 is 2.61 bits per heavy atom. The summed E-state index contributed by atoms with van der Waals surface area (Å²) in [6, 6.07) is 7.92. The molecule has 0 radical (unpaired) electrons. The van der Waals surface area contributed by atoms with Crippen LogP contribution >= 0.6 is 0 Å². The maximum absolute atomic E-state index is 10.3. The van der Waals surface area contributed by atoms with Crippen LogP contribution in [0.1, 0.15) is 50.5 Å². The lowest BCUT2D eigenvalue weighted by molar-refractivity contribution is 0.161. The number of aryl methyl sites for hydroxylation is 1. The number of rotatable bonds is 5. The van der Waals surface area contributed by atoms with E-state index in [-0.39, 0.29) is 0 Å². The maximum atomic E-state index is 10.3. The first-order valence-corrected chi connectivity index (χ1v) is 6.75. The molecule has 1 unspecified atom stereocenters. The highest BCUT2D eigenvalue weighted by atomic mass is 16.3. The normalized spacial score (nSPS) is 13.4. The van der Waals surface area contributed by atoms with Crippen molar-refractivity contribution >= 4 is 11.0 Å². The molecule has 0 aliphatic rings. The predicted octanol–water partition coefficient (Wildman–Crippen LogP) is 4.60. The van der Waals surface area contributed by atoms with Crippen LogP contribution in [0, 0.1) is 12.8 Å². The zero-order valence-electron chi connectivity index (χ0n) is 11.4. The third-order valence-electron chi connectivity index (χ3n) is 3.41. The van der Waals surface area contributed by atoms with Gasteiger partial charge in [0.05, 0.1) is 6.10 Å². The van der Waals surface area contributed by atoms with Crippen molar-refractivity contribution in [2.75, 3.05) is 0 Å². The van der Waals surface area contributed by atoms with E-state index in [1.807, 2.05) is 31.2 Å². The SMILES string of the molecule is Cc1oc2ccccc2c1C(O)CCCC(C)C. The van der Waals surface area contributed by atoms with E-state index >= 15 is 0 Å². The van der Waals surface area contributed by atoms with Crippen LogP contribution in [0.2, 0.25) is 0 Å². The third-order valence-corrected chi connectivity index (χ3v) is 3.41. The number of hydrogen-bond donors (Lipinski definition) is 1. The molecule has 0 saturated carbocycles. The molecule has 98 valence electrons. The van der Waals surface area contributed by atoms with Crippen LogP contribution in [0.4, 0.5) is 0 Å². The van der Waals surface area contributed by atoms with Gasteiger partial charge in [0.15, 0.2) is 0 Å². The number of aliphatic hydroxyl groups excluding tert-OH is 1. The molecule has 18 heavy (non-hydrogen) atoms. The zero-order valence-corrected chi connectivity index (χ0v) is 11.4. The lowest BCUT2D eigenvalue weighted by Gasteiger charge is -2.11. The quantitative estimate of drug-likeness (QED) is 0.836. The van der Waals surface area contributed by atoms with Gasteiger partial charge in [-0.15, -0.1) is 0 Å². The molecule has 0 amide bonds. The van der Waals surface area contributed by atoms with Gasteiger partial charge < -0.3 is 9.52 Å². The van der Waals surface area contributed by atoms with Crippen molar-refractivity contribution in [1.82, 2.24) is 0 Å². The van der Waals surface area contributed by atoms with Crippen molar-refractivity contribution in [3.05, 3.63) is 35.6 Å². The summed E-state index contributed by atoms with van der Waals surface area (Å²) in [5.41, 5.74) is 1.84. The van der Waals surface area contributed by atoms with E-state index in [0.717, 1.165) is 41.6 Å². The topological polar surface area (TPSA) is 33.4 Å². The Balaban J connectivity index is 2.16. The van der Waals surface area contributed by atoms with Crippen molar-refractivity contribution in [3.8, 4) is 0 Å². The molecule has 1 aromatic carbocycles. The number of benzene rings is 1. The largest absolute Gasteiger partial charge is 0.461 e. The zero-order chi connectivity index (χ0) is 13.1. The van der Waals surface area contributed by atoms with Gasteiger partial charge in [0, 0.05) is 10.9 Å². The van der Waals surface area contributed by atoms with E-state index in [0.29, 0.717) is 5.92 Å². The van der Waals surface area contributed by atoms with Gasteiger partial charge in [-0.05, 0) is 25.3 Å². The van der Waals surface area contributed by atoms with E-state index in [4.69, 9.17) is 4.42 Å². The van der Waals surface area contributed by atoms with E-state index < -0.39 is 6.10 Å². The molecule has 2 heteroatoms. The second kappa shape index (κ2) is 5.57. The molecule has 0 saturated heterocycles. The Morgan fingerprint density at radius 1 is 1.17 bits per heavy atom. The summed E-state index contributed by atoms with van der Waals surface area (Å²) in [7, 11) is 0. The summed E-state index contributed by atoms with van der Waals surface area (Å²) < 4.78 is 5.69. The number of aliphatic hydroxyl groups is 1. The minimum absolute atomic E-state index is 0.410. The summed E-state index contributed by atoms with van der Waals surface area (Å²) in [6.45, 7) is 6.36. The minimum Gasteiger partial charge on any atom is -0.461 e. The molecule has 1 N–H and O–H groups in total. The molecule has 2 nitrogen and oxygen atoms in total. The standard InChI is InChI=1S/C16H22O2/c1-11(2)7-6-9-14(17)16-12(3)18-15-10-5-4-8-13(15)16/h4-5,8,10-11,14,17H,6-7,9H2,1-3H3. The molecule has 2 rings (SSSR count). The summed E-state index contributed by atoms with van der Waals surface area (Å²) in [4.78, 5) is 0. The molecular weight excluding hydrogens is 224 g/mol. The lowest BCUT2D eigenvalue weighted by atomic mass is 9.98. The molecule has 0 spiro atoms. The van der Waals surface area contributed by atoms with Crippen LogP contribution in [0.5, 0.6) is 0 Å². The monoisotopic (exact) mass is 246 g/mol. The lowest BCUT2D eigenvalue weighted by Crippen LogP contribution is -1.99. The number of fused-ring (bicyclic) bond motifs is 1. The van der Waals surface area contributed by atoms with E-state index in [1.165, 1.54) is 0 Å². The molecule has 0 aliphatic heterocycles. The van der Waals surface area contributed by atoms with Crippen molar-refractivity contribution in [3.63, 3.8) is 0 Å². The Hall–Kier alpha value is -1.28. The molecule has 0 aliphatic carbocycles. The summed E-state index contributed by atoms with van der Waals surface area (Å²) in [5, 5.41) is 11.4. The average Bonchev–Trinajstić information content (AvgIpc) is 2.64. The van der Waals surface area contributed by atoms with Crippen LogP contribution in [0.25, 0.3) is 11.0 Å². The first-order chi connectivity index (χ1) is 8.59. The number of furan rings is 1. The van der Waals surface area contributed by atoms with E-state index in [1.54, 1.807) is 0 Å². The van der Waals surface area contributed by atoms with Crippen LogP contribution in [-0.2, 0) is 0 Å². The molecular formula is C16H22O2. The second-order valence-electron chi connectivity index (χ2n) is 5.41. The van der Waals surface area contributed by atoms with Crippen molar-refractivity contribution < 1.29 is 9.52 Å². The smallest absolute Gasteiger partial charge is 0.134 e. The number of para-hydroxylation sites is 1. The summed E-state index contributed by atoms with van der Waals surface area (Å²) in [5.74, 6) is 1.53. The highest BCUT2D eigenvalue weighted by Gasteiger charge is 2.17. The number of hydrogen-bond acceptors (Lipinski definition) is 2. The van der Waals surface area contributed by atoms with Gasteiger partial charge in [0.1, 0.15) is 11.3 Å². The van der Waals surface area contributed by atoms with Gasteiger partial charge in [-0.2, -0.15) is 0 Å². The second-order valence-corrected chi connectivity index (χ2v) is 5.41. The fourth-order valence-electron chi connectivity index (χ4n) is 2.47. The molecule has 2 aromatic rings. The van der Waals surface area contributed by atoms with Crippen molar-refractivity contribution in [1.29, 1.82) is 0 Å². The molecule has 0 fully saturated rings. The fraction of sp³-hybridized carbons (Fsp3) is 0.500.